The fourth-order valence-electron chi connectivity index (χ4n) is 3.74. The molecule has 1 aliphatic rings. The third-order valence-electron chi connectivity index (χ3n) is 5.40. The van der Waals surface area contributed by atoms with Crippen LogP contribution in [0.25, 0.3) is 0 Å². The normalized spacial score (nSPS) is 15.5. The summed E-state index contributed by atoms with van der Waals surface area (Å²) in [4.78, 5) is 25.7. The van der Waals surface area contributed by atoms with Crippen molar-refractivity contribution in [3.05, 3.63) is 35.4 Å². The van der Waals surface area contributed by atoms with Crippen molar-refractivity contribution in [2.24, 2.45) is 0 Å². The van der Waals surface area contributed by atoms with Gasteiger partial charge in [0.2, 0.25) is 0 Å². The van der Waals surface area contributed by atoms with E-state index in [-0.39, 0.29) is 17.5 Å². The van der Waals surface area contributed by atoms with Crippen LogP contribution < -0.4 is 0 Å². The maximum absolute atomic E-state index is 12.9. The fraction of sp³-hybridized carbons (Fsp3) is 0.579. The van der Waals surface area contributed by atoms with Crippen LogP contribution in [-0.2, 0) is 0 Å². The highest BCUT2D eigenvalue weighted by Crippen LogP contribution is 2.24. The standard InChI is InChI=1S/C19H27N5O3/c1-4-15(5-2)24-13(3)10-17(21-24)18(25)22-8-6-16(7-9-22)23-12-14(11-20-23)19(26)27/h10-12,15-16H,4-9H2,1-3H3,(H,26,27). The minimum absolute atomic E-state index is 0.0343. The second kappa shape index (κ2) is 7.94. The molecule has 27 heavy (non-hydrogen) atoms. The van der Waals surface area contributed by atoms with E-state index in [9.17, 15) is 9.59 Å². The summed E-state index contributed by atoms with van der Waals surface area (Å²) in [5.74, 6) is -1.01. The molecular weight excluding hydrogens is 346 g/mol. The number of carboxylic acid groups (broad SMARTS) is 1. The van der Waals surface area contributed by atoms with Gasteiger partial charge in [-0.25, -0.2) is 4.79 Å². The number of likely N-dealkylation sites (tertiary alicyclic amines) is 1. The van der Waals surface area contributed by atoms with E-state index < -0.39 is 5.97 Å². The van der Waals surface area contributed by atoms with Crippen LogP contribution >= 0.6 is 0 Å². The van der Waals surface area contributed by atoms with Gasteiger partial charge in [-0.15, -0.1) is 0 Å². The summed E-state index contributed by atoms with van der Waals surface area (Å²) in [5.41, 5.74) is 1.71. The molecule has 1 amide bonds. The summed E-state index contributed by atoms with van der Waals surface area (Å²) in [6, 6.07) is 2.31. The van der Waals surface area contributed by atoms with Gasteiger partial charge < -0.3 is 10.0 Å². The maximum Gasteiger partial charge on any atom is 0.338 e. The van der Waals surface area contributed by atoms with Crippen molar-refractivity contribution in [1.82, 2.24) is 24.5 Å². The molecule has 0 radical (unpaired) electrons. The number of carboxylic acids is 1. The zero-order chi connectivity index (χ0) is 19.6. The average molecular weight is 373 g/mol. The number of rotatable bonds is 6. The first-order chi connectivity index (χ1) is 12.9. The Labute approximate surface area is 158 Å². The number of nitrogens with zero attached hydrogens (tertiary/aromatic N) is 5. The first-order valence-electron chi connectivity index (χ1n) is 9.57. The summed E-state index contributed by atoms with van der Waals surface area (Å²) < 4.78 is 3.67. The molecule has 2 aromatic heterocycles. The molecule has 8 heteroatoms. The van der Waals surface area contributed by atoms with Gasteiger partial charge >= 0.3 is 5.97 Å². The van der Waals surface area contributed by atoms with E-state index in [1.807, 2.05) is 22.6 Å². The molecule has 0 saturated carbocycles. The van der Waals surface area contributed by atoms with Gasteiger partial charge in [-0.3, -0.25) is 14.2 Å². The Balaban J connectivity index is 1.64. The molecule has 0 unspecified atom stereocenters. The number of amides is 1. The third kappa shape index (κ3) is 3.89. The summed E-state index contributed by atoms with van der Waals surface area (Å²) >= 11 is 0. The molecule has 1 N–H and O–H groups in total. The Bertz CT molecular complexity index is 813. The summed E-state index contributed by atoms with van der Waals surface area (Å²) in [6.45, 7) is 7.48. The maximum atomic E-state index is 12.9. The molecular formula is C19H27N5O3. The summed E-state index contributed by atoms with van der Waals surface area (Å²) in [6.07, 6.45) is 6.40. The molecule has 0 spiro atoms. The zero-order valence-electron chi connectivity index (χ0n) is 16.1. The van der Waals surface area contributed by atoms with Crippen LogP contribution in [0.5, 0.6) is 0 Å². The van der Waals surface area contributed by atoms with E-state index in [2.05, 4.69) is 24.0 Å². The van der Waals surface area contributed by atoms with Crippen LogP contribution in [0.1, 0.15) is 78.2 Å². The van der Waals surface area contributed by atoms with Crippen LogP contribution in [0.3, 0.4) is 0 Å². The van der Waals surface area contributed by atoms with Crippen LogP contribution in [-0.4, -0.2) is 54.5 Å². The van der Waals surface area contributed by atoms with Crippen molar-refractivity contribution in [3.8, 4) is 0 Å². The van der Waals surface area contributed by atoms with Crippen molar-refractivity contribution in [2.45, 2.75) is 58.5 Å². The molecule has 146 valence electrons. The molecule has 0 bridgehead atoms. The quantitative estimate of drug-likeness (QED) is 0.840. The van der Waals surface area contributed by atoms with Crippen molar-refractivity contribution < 1.29 is 14.7 Å². The van der Waals surface area contributed by atoms with E-state index >= 15 is 0 Å². The lowest BCUT2D eigenvalue weighted by Gasteiger charge is -2.31. The minimum atomic E-state index is -0.975. The van der Waals surface area contributed by atoms with E-state index in [0.29, 0.717) is 24.8 Å². The molecule has 0 aromatic carbocycles. The van der Waals surface area contributed by atoms with Gasteiger partial charge in [0.05, 0.1) is 23.8 Å². The van der Waals surface area contributed by atoms with Gasteiger partial charge in [-0.2, -0.15) is 10.2 Å². The van der Waals surface area contributed by atoms with Crippen LogP contribution in [0.4, 0.5) is 0 Å². The number of carbonyl (C=O) groups excluding carboxylic acids is 1. The number of piperidine rings is 1. The Morgan fingerprint density at radius 2 is 1.93 bits per heavy atom. The van der Waals surface area contributed by atoms with Crippen molar-refractivity contribution in [3.63, 3.8) is 0 Å². The van der Waals surface area contributed by atoms with Gasteiger partial charge in [-0.1, -0.05) is 13.8 Å². The minimum Gasteiger partial charge on any atom is -0.478 e. The molecule has 3 rings (SSSR count). The Morgan fingerprint density at radius 1 is 1.26 bits per heavy atom. The number of aromatic carboxylic acids is 1. The smallest absolute Gasteiger partial charge is 0.338 e. The summed E-state index contributed by atoms with van der Waals surface area (Å²) in [7, 11) is 0. The lowest BCUT2D eigenvalue weighted by Crippen LogP contribution is -2.39. The van der Waals surface area contributed by atoms with E-state index in [4.69, 9.17) is 5.11 Å². The average Bonchev–Trinajstić information content (AvgIpc) is 3.30. The first-order valence-corrected chi connectivity index (χ1v) is 9.57. The Morgan fingerprint density at radius 3 is 2.48 bits per heavy atom. The molecule has 0 atom stereocenters. The highest BCUT2D eigenvalue weighted by atomic mass is 16.4. The Kier molecular flexibility index (Phi) is 5.62. The SMILES string of the molecule is CCC(CC)n1nc(C(=O)N2CCC(n3cc(C(=O)O)cn3)CC2)cc1C. The van der Waals surface area contributed by atoms with Gasteiger partial charge in [0.1, 0.15) is 0 Å². The number of aromatic nitrogens is 4. The highest BCUT2D eigenvalue weighted by molar-refractivity contribution is 5.92. The molecule has 3 heterocycles. The predicted octanol–water partition coefficient (Wildman–Crippen LogP) is 2.92. The lowest BCUT2D eigenvalue weighted by molar-refractivity contribution is 0.0681. The molecule has 1 aliphatic heterocycles. The van der Waals surface area contributed by atoms with Crippen LogP contribution in [0.2, 0.25) is 0 Å². The fourth-order valence-corrected chi connectivity index (χ4v) is 3.74. The second-order valence-electron chi connectivity index (χ2n) is 7.12. The van der Waals surface area contributed by atoms with Gasteiger partial charge in [-0.05, 0) is 38.7 Å². The highest BCUT2D eigenvalue weighted by Gasteiger charge is 2.27. The second-order valence-corrected chi connectivity index (χ2v) is 7.12. The van der Waals surface area contributed by atoms with Crippen LogP contribution in [0, 0.1) is 6.92 Å². The van der Waals surface area contributed by atoms with E-state index in [0.717, 1.165) is 31.4 Å². The number of hydrogen-bond donors (Lipinski definition) is 1. The lowest BCUT2D eigenvalue weighted by atomic mass is 10.0. The predicted molar refractivity (Wildman–Crippen MR) is 99.9 cm³/mol. The van der Waals surface area contributed by atoms with Gasteiger partial charge in [0.15, 0.2) is 5.69 Å². The number of carbonyl (C=O) groups is 2. The number of hydrogen-bond acceptors (Lipinski definition) is 4. The van der Waals surface area contributed by atoms with E-state index in [1.165, 1.54) is 6.20 Å². The van der Waals surface area contributed by atoms with Crippen LogP contribution in [0.15, 0.2) is 18.5 Å². The van der Waals surface area contributed by atoms with Crippen molar-refractivity contribution in [2.75, 3.05) is 13.1 Å². The Hall–Kier alpha value is -2.64. The van der Waals surface area contributed by atoms with E-state index in [1.54, 1.807) is 10.9 Å². The van der Waals surface area contributed by atoms with Gasteiger partial charge in [0, 0.05) is 25.0 Å². The molecule has 0 aliphatic carbocycles. The zero-order valence-corrected chi connectivity index (χ0v) is 16.1. The van der Waals surface area contributed by atoms with Gasteiger partial charge in [0.25, 0.3) is 5.91 Å². The largest absolute Gasteiger partial charge is 0.478 e. The number of aryl methyl sites for hydroxylation is 1. The summed E-state index contributed by atoms with van der Waals surface area (Å²) in [5, 5.41) is 17.7. The molecule has 8 nitrogen and oxygen atoms in total. The topological polar surface area (TPSA) is 93.2 Å². The molecule has 2 aromatic rings. The monoisotopic (exact) mass is 373 g/mol. The first kappa shape index (κ1) is 19.1. The third-order valence-corrected chi connectivity index (χ3v) is 5.40. The molecule has 1 fully saturated rings. The van der Waals surface area contributed by atoms with Crippen molar-refractivity contribution >= 4 is 11.9 Å². The molecule has 1 saturated heterocycles. The van der Waals surface area contributed by atoms with Crippen molar-refractivity contribution in [1.29, 1.82) is 0 Å².